The molecule has 0 saturated carbocycles. The number of para-hydroxylation sites is 1. The second kappa shape index (κ2) is 5.85. The molecule has 0 radical (unpaired) electrons. The molecule has 7 heteroatoms. The van der Waals surface area contributed by atoms with Crippen LogP contribution in [0.2, 0.25) is 0 Å². The summed E-state index contributed by atoms with van der Waals surface area (Å²) in [6.07, 6.45) is -5.10. The summed E-state index contributed by atoms with van der Waals surface area (Å²) in [6.45, 7) is -0.175. The van der Waals surface area contributed by atoms with Crippen LogP contribution >= 0.6 is 12.2 Å². The molecule has 0 amide bonds. The summed E-state index contributed by atoms with van der Waals surface area (Å²) in [5.74, 6) is 0.417. The van der Waals surface area contributed by atoms with Crippen LogP contribution in [0.5, 0.6) is 0 Å². The van der Waals surface area contributed by atoms with Crippen LogP contribution < -0.4 is 10.6 Å². The van der Waals surface area contributed by atoms with Crippen molar-refractivity contribution in [1.29, 1.82) is 0 Å². The summed E-state index contributed by atoms with van der Waals surface area (Å²) in [4.78, 5) is 6.00. The Hall–Kier alpha value is -1.89. The Morgan fingerprint density at radius 3 is 2.62 bits per heavy atom. The first kappa shape index (κ1) is 15.5. The number of benzene rings is 1. The van der Waals surface area contributed by atoms with E-state index >= 15 is 0 Å². The zero-order valence-electron chi connectivity index (χ0n) is 11.3. The fourth-order valence-corrected chi connectivity index (χ4v) is 2.14. The summed E-state index contributed by atoms with van der Waals surface area (Å²) < 4.78 is 36.9. The average Bonchev–Trinajstić information content (AvgIpc) is 2.42. The van der Waals surface area contributed by atoms with Gasteiger partial charge in [-0.25, -0.2) is 4.98 Å². The fourth-order valence-electron chi connectivity index (χ4n) is 1.97. The van der Waals surface area contributed by atoms with Crippen LogP contribution in [0.4, 0.5) is 19.0 Å². The molecule has 112 valence electrons. The normalized spacial score (nSPS) is 11.6. The maximum absolute atomic E-state index is 12.3. The smallest absolute Gasteiger partial charge is 0.389 e. The number of halogens is 3. The van der Waals surface area contributed by atoms with Gasteiger partial charge in [0.05, 0.1) is 11.9 Å². The molecule has 2 N–H and O–H groups in total. The van der Waals surface area contributed by atoms with Crippen LogP contribution in [-0.2, 0) is 0 Å². The lowest BCUT2D eigenvalue weighted by Gasteiger charge is -2.20. The lowest BCUT2D eigenvalue weighted by Crippen LogP contribution is -2.25. The molecule has 0 atom stereocenters. The quantitative estimate of drug-likeness (QED) is 0.880. The number of thiocarbonyl (C=S) groups is 1. The van der Waals surface area contributed by atoms with Crippen LogP contribution in [0.15, 0.2) is 30.3 Å². The van der Waals surface area contributed by atoms with Crippen molar-refractivity contribution in [2.45, 2.75) is 12.6 Å². The summed E-state index contributed by atoms with van der Waals surface area (Å²) in [5, 5.41) is 0.790. The Bertz CT molecular complexity index is 670. The Kier molecular flexibility index (Phi) is 4.32. The maximum Gasteiger partial charge on any atom is 0.390 e. The van der Waals surface area contributed by atoms with Crippen LogP contribution in [0, 0.1) is 0 Å². The van der Waals surface area contributed by atoms with E-state index in [4.69, 9.17) is 18.0 Å². The molecule has 0 aliphatic carbocycles. The van der Waals surface area contributed by atoms with Crippen molar-refractivity contribution in [2.24, 2.45) is 5.73 Å². The minimum Gasteiger partial charge on any atom is -0.389 e. The molecule has 0 fully saturated rings. The van der Waals surface area contributed by atoms with Crippen LogP contribution in [-0.4, -0.2) is 29.7 Å². The molecule has 0 aliphatic rings. The van der Waals surface area contributed by atoms with Gasteiger partial charge >= 0.3 is 6.18 Å². The first-order valence-electron chi connectivity index (χ1n) is 6.25. The molecule has 2 rings (SSSR count). The van der Waals surface area contributed by atoms with Gasteiger partial charge in [-0.3, -0.25) is 0 Å². The second-order valence-corrected chi connectivity index (χ2v) is 5.14. The Morgan fingerprint density at radius 1 is 1.33 bits per heavy atom. The van der Waals surface area contributed by atoms with Crippen molar-refractivity contribution in [1.82, 2.24) is 4.98 Å². The molecule has 1 aromatic carbocycles. The van der Waals surface area contributed by atoms with E-state index in [0.717, 1.165) is 5.39 Å². The third-order valence-electron chi connectivity index (χ3n) is 3.09. The standard InChI is InChI=1S/C14H14F3N3S/c1-20(7-6-14(15,16)17)12-8-10(13(18)21)9-4-2-3-5-11(9)19-12/h2-5,8H,6-7H2,1H3,(H2,18,21). The zero-order valence-corrected chi connectivity index (χ0v) is 12.1. The van der Waals surface area contributed by atoms with Gasteiger partial charge in [0.2, 0.25) is 0 Å². The number of aromatic nitrogens is 1. The largest absolute Gasteiger partial charge is 0.390 e. The highest BCUT2D eigenvalue weighted by Crippen LogP contribution is 2.24. The lowest BCUT2D eigenvalue weighted by molar-refractivity contribution is -0.132. The number of hydrogen-bond donors (Lipinski definition) is 1. The van der Waals surface area contributed by atoms with Gasteiger partial charge in [-0.1, -0.05) is 30.4 Å². The van der Waals surface area contributed by atoms with E-state index in [1.54, 1.807) is 25.2 Å². The highest BCUT2D eigenvalue weighted by Gasteiger charge is 2.27. The molecule has 0 aliphatic heterocycles. The SMILES string of the molecule is CN(CCC(F)(F)F)c1cc(C(N)=S)c2ccccc2n1. The van der Waals surface area contributed by atoms with E-state index in [1.165, 1.54) is 4.90 Å². The third kappa shape index (κ3) is 3.81. The molecule has 0 unspecified atom stereocenters. The summed E-state index contributed by atoms with van der Waals surface area (Å²) >= 11 is 5.01. The Balaban J connectivity index is 2.38. The monoisotopic (exact) mass is 313 g/mol. The summed E-state index contributed by atoms with van der Waals surface area (Å²) in [6, 6.07) is 8.87. The number of nitrogens with two attached hydrogens (primary N) is 1. The highest BCUT2D eigenvalue weighted by atomic mass is 32.1. The van der Waals surface area contributed by atoms with Gasteiger partial charge in [-0.2, -0.15) is 13.2 Å². The van der Waals surface area contributed by atoms with E-state index in [0.29, 0.717) is 16.9 Å². The Labute approximate surface area is 125 Å². The van der Waals surface area contributed by atoms with E-state index in [1.807, 2.05) is 12.1 Å². The molecule has 0 saturated heterocycles. The number of pyridine rings is 1. The van der Waals surface area contributed by atoms with Crippen LogP contribution in [0.25, 0.3) is 10.9 Å². The molecule has 1 heterocycles. The van der Waals surface area contributed by atoms with Gasteiger partial charge in [0.1, 0.15) is 10.8 Å². The van der Waals surface area contributed by atoms with Crippen molar-refractivity contribution in [2.75, 3.05) is 18.5 Å². The molecule has 21 heavy (non-hydrogen) atoms. The predicted octanol–water partition coefficient (Wildman–Crippen LogP) is 3.26. The van der Waals surface area contributed by atoms with Crippen molar-refractivity contribution >= 4 is 33.9 Å². The molecular formula is C14H14F3N3S. The number of nitrogens with zero attached hydrogens (tertiary/aromatic N) is 2. The molecule has 3 nitrogen and oxygen atoms in total. The van der Waals surface area contributed by atoms with Gasteiger partial charge in [-0.05, 0) is 12.1 Å². The van der Waals surface area contributed by atoms with E-state index in [-0.39, 0.29) is 11.5 Å². The van der Waals surface area contributed by atoms with Gasteiger partial charge in [0.15, 0.2) is 0 Å². The summed E-state index contributed by atoms with van der Waals surface area (Å²) in [7, 11) is 1.56. The van der Waals surface area contributed by atoms with Crippen molar-refractivity contribution in [3.05, 3.63) is 35.9 Å². The van der Waals surface area contributed by atoms with Gasteiger partial charge in [0.25, 0.3) is 0 Å². The lowest BCUT2D eigenvalue weighted by atomic mass is 10.1. The Morgan fingerprint density at radius 2 is 2.00 bits per heavy atom. The number of hydrogen-bond acceptors (Lipinski definition) is 3. The summed E-state index contributed by atoms with van der Waals surface area (Å²) in [5.41, 5.74) is 6.96. The van der Waals surface area contributed by atoms with E-state index in [9.17, 15) is 13.2 Å². The topological polar surface area (TPSA) is 42.1 Å². The minimum atomic E-state index is -4.20. The van der Waals surface area contributed by atoms with Gasteiger partial charge in [-0.15, -0.1) is 0 Å². The second-order valence-electron chi connectivity index (χ2n) is 4.70. The fraction of sp³-hybridized carbons (Fsp3) is 0.286. The van der Waals surface area contributed by atoms with Crippen molar-refractivity contribution < 1.29 is 13.2 Å². The number of fused-ring (bicyclic) bond motifs is 1. The number of alkyl halides is 3. The zero-order chi connectivity index (χ0) is 15.6. The van der Waals surface area contributed by atoms with Crippen molar-refractivity contribution in [3.8, 4) is 0 Å². The molecule has 2 aromatic rings. The van der Waals surface area contributed by atoms with Gasteiger partial charge in [0, 0.05) is 24.5 Å². The first-order valence-corrected chi connectivity index (χ1v) is 6.66. The van der Waals surface area contributed by atoms with Crippen LogP contribution in [0.1, 0.15) is 12.0 Å². The highest BCUT2D eigenvalue weighted by molar-refractivity contribution is 7.80. The molecular weight excluding hydrogens is 299 g/mol. The van der Waals surface area contributed by atoms with Crippen LogP contribution in [0.3, 0.4) is 0 Å². The maximum atomic E-state index is 12.3. The number of anilines is 1. The number of rotatable bonds is 4. The first-order chi connectivity index (χ1) is 9.78. The average molecular weight is 313 g/mol. The van der Waals surface area contributed by atoms with E-state index < -0.39 is 12.6 Å². The predicted molar refractivity (Wildman–Crippen MR) is 81.6 cm³/mol. The molecule has 0 spiro atoms. The van der Waals surface area contributed by atoms with Crippen molar-refractivity contribution in [3.63, 3.8) is 0 Å². The molecule has 0 bridgehead atoms. The minimum absolute atomic E-state index is 0.175. The van der Waals surface area contributed by atoms with E-state index in [2.05, 4.69) is 4.98 Å². The van der Waals surface area contributed by atoms with Gasteiger partial charge < -0.3 is 10.6 Å². The third-order valence-corrected chi connectivity index (χ3v) is 3.31. The molecule has 1 aromatic heterocycles.